The van der Waals surface area contributed by atoms with E-state index < -0.39 is 6.10 Å². The topological polar surface area (TPSA) is 29.5 Å². The summed E-state index contributed by atoms with van der Waals surface area (Å²) in [6.07, 6.45) is -0.673. The van der Waals surface area contributed by atoms with Crippen LogP contribution in [0.15, 0.2) is 29.6 Å². The number of aryl methyl sites for hydroxylation is 1. The summed E-state index contributed by atoms with van der Waals surface area (Å²) in [4.78, 5) is 1.11. The molecule has 2 nitrogen and oxygen atoms in total. The molecule has 1 aromatic carbocycles. The molecule has 0 amide bonds. The lowest BCUT2D eigenvalue weighted by atomic mass is 10.0. The summed E-state index contributed by atoms with van der Waals surface area (Å²) in [7, 11) is 1.57. The normalized spacial score (nSPS) is 12.5. The third-order valence-electron chi connectivity index (χ3n) is 2.68. The van der Waals surface area contributed by atoms with E-state index in [1.165, 1.54) is 0 Å². The van der Waals surface area contributed by atoms with Crippen LogP contribution in [0.2, 0.25) is 5.02 Å². The van der Waals surface area contributed by atoms with Crippen LogP contribution in [-0.2, 0) is 0 Å². The largest absolute Gasteiger partial charge is 0.496 e. The lowest BCUT2D eigenvalue weighted by Crippen LogP contribution is -2.02. The molecule has 0 fully saturated rings. The number of methoxy groups -OCH3 is 1. The Bertz CT molecular complexity index is 522. The lowest BCUT2D eigenvalue weighted by molar-refractivity contribution is 0.214. The van der Waals surface area contributed by atoms with Gasteiger partial charge in [-0.05, 0) is 36.1 Å². The zero-order chi connectivity index (χ0) is 12.4. The Balaban J connectivity index is 2.44. The zero-order valence-electron chi connectivity index (χ0n) is 9.61. The van der Waals surface area contributed by atoms with Crippen LogP contribution in [0.5, 0.6) is 5.75 Å². The van der Waals surface area contributed by atoms with Crippen molar-refractivity contribution in [3.8, 4) is 5.75 Å². The number of aliphatic hydroxyl groups excluding tert-OH is 1. The van der Waals surface area contributed by atoms with Gasteiger partial charge in [0, 0.05) is 15.5 Å². The van der Waals surface area contributed by atoms with Crippen LogP contribution in [0.3, 0.4) is 0 Å². The van der Waals surface area contributed by atoms with Crippen molar-refractivity contribution < 1.29 is 9.84 Å². The van der Waals surface area contributed by atoms with E-state index in [-0.39, 0.29) is 0 Å². The SMILES string of the molecule is COc1cc(Cl)ccc1C(O)c1ccsc1C. The van der Waals surface area contributed by atoms with Crippen LogP contribution in [-0.4, -0.2) is 12.2 Å². The van der Waals surface area contributed by atoms with Crippen LogP contribution in [0.4, 0.5) is 0 Å². The minimum Gasteiger partial charge on any atom is -0.496 e. The Hall–Kier alpha value is -1.03. The van der Waals surface area contributed by atoms with Gasteiger partial charge in [0.1, 0.15) is 11.9 Å². The molecule has 0 saturated heterocycles. The van der Waals surface area contributed by atoms with Gasteiger partial charge in [-0.15, -0.1) is 11.3 Å². The van der Waals surface area contributed by atoms with Gasteiger partial charge in [0.05, 0.1) is 7.11 Å². The zero-order valence-corrected chi connectivity index (χ0v) is 11.2. The molecule has 0 saturated carbocycles. The lowest BCUT2D eigenvalue weighted by Gasteiger charge is -2.15. The van der Waals surface area contributed by atoms with Gasteiger partial charge in [0.15, 0.2) is 0 Å². The molecule has 90 valence electrons. The minimum absolute atomic E-state index is 0.597. The second-order valence-electron chi connectivity index (χ2n) is 3.72. The average Bonchev–Trinajstić information content (AvgIpc) is 2.74. The third kappa shape index (κ3) is 2.46. The fraction of sp³-hybridized carbons (Fsp3) is 0.231. The maximum atomic E-state index is 10.3. The Morgan fingerprint density at radius 3 is 2.65 bits per heavy atom. The smallest absolute Gasteiger partial charge is 0.126 e. The van der Waals surface area contributed by atoms with E-state index >= 15 is 0 Å². The molecule has 0 radical (unpaired) electrons. The van der Waals surface area contributed by atoms with E-state index in [4.69, 9.17) is 16.3 Å². The molecule has 4 heteroatoms. The van der Waals surface area contributed by atoms with E-state index in [9.17, 15) is 5.11 Å². The fourth-order valence-corrected chi connectivity index (χ4v) is 2.65. The van der Waals surface area contributed by atoms with Crippen molar-refractivity contribution in [2.75, 3.05) is 7.11 Å². The molecule has 1 atom stereocenters. The first-order chi connectivity index (χ1) is 8.13. The van der Waals surface area contributed by atoms with Crippen molar-refractivity contribution in [3.05, 3.63) is 50.7 Å². The number of ether oxygens (including phenoxy) is 1. The number of hydrogen-bond donors (Lipinski definition) is 1. The Labute approximate surface area is 109 Å². The molecule has 1 N–H and O–H groups in total. The van der Waals surface area contributed by atoms with Gasteiger partial charge in [-0.3, -0.25) is 0 Å². The van der Waals surface area contributed by atoms with E-state index in [0.29, 0.717) is 10.8 Å². The molecule has 0 bridgehead atoms. The maximum Gasteiger partial charge on any atom is 0.126 e. The first-order valence-electron chi connectivity index (χ1n) is 5.19. The van der Waals surface area contributed by atoms with E-state index in [0.717, 1.165) is 16.0 Å². The van der Waals surface area contributed by atoms with E-state index in [1.807, 2.05) is 18.4 Å². The predicted octanol–water partition coefficient (Wildman–Crippen LogP) is 3.80. The molecule has 0 aliphatic heterocycles. The maximum absolute atomic E-state index is 10.3. The predicted molar refractivity (Wildman–Crippen MR) is 71.1 cm³/mol. The summed E-state index contributed by atoms with van der Waals surface area (Å²) in [5.74, 6) is 0.607. The molecular weight excluding hydrogens is 256 g/mol. The van der Waals surface area contributed by atoms with E-state index in [1.54, 1.807) is 36.6 Å². The molecule has 1 aromatic heterocycles. The minimum atomic E-state index is -0.673. The number of halogens is 1. The van der Waals surface area contributed by atoms with E-state index in [2.05, 4.69) is 0 Å². The molecule has 1 heterocycles. The molecule has 0 aliphatic carbocycles. The van der Waals surface area contributed by atoms with Crippen LogP contribution in [0.25, 0.3) is 0 Å². The van der Waals surface area contributed by atoms with Gasteiger partial charge in [-0.2, -0.15) is 0 Å². The molecule has 2 rings (SSSR count). The monoisotopic (exact) mass is 268 g/mol. The summed E-state index contributed by atoms with van der Waals surface area (Å²) < 4.78 is 5.24. The van der Waals surface area contributed by atoms with Crippen molar-refractivity contribution in [3.63, 3.8) is 0 Å². The highest BCUT2D eigenvalue weighted by atomic mass is 35.5. The van der Waals surface area contributed by atoms with Crippen LogP contribution >= 0.6 is 22.9 Å². The molecular formula is C13H13ClO2S. The molecule has 1 unspecified atom stereocenters. The van der Waals surface area contributed by atoms with Gasteiger partial charge in [-0.25, -0.2) is 0 Å². The summed E-state index contributed by atoms with van der Waals surface area (Å²) in [6.45, 7) is 1.99. The van der Waals surface area contributed by atoms with Crippen LogP contribution in [0.1, 0.15) is 22.1 Å². The first-order valence-corrected chi connectivity index (χ1v) is 6.44. The highest BCUT2D eigenvalue weighted by Crippen LogP contribution is 2.34. The Kier molecular flexibility index (Phi) is 3.72. The average molecular weight is 269 g/mol. The van der Waals surface area contributed by atoms with Crippen LogP contribution < -0.4 is 4.74 Å². The standard InChI is InChI=1S/C13H13ClO2S/c1-8-10(5-6-17-8)13(15)11-4-3-9(14)7-12(11)16-2/h3-7,13,15H,1-2H3. The number of thiophene rings is 1. The molecule has 2 aromatic rings. The highest BCUT2D eigenvalue weighted by molar-refractivity contribution is 7.10. The Morgan fingerprint density at radius 2 is 2.06 bits per heavy atom. The fourth-order valence-electron chi connectivity index (χ4n) is 1.76. The highest BCUT2D eigenvalue weighted by Gasteiger charge is 2.18. The summed E-state index contributed by atoms with van der Waals surface area (Å²) >= 11 is 7.51. The number of rotatable bonds is 3. The third-order valence-corrected chi connectivity index (χ3v) is 3.78. The van der Waals surface area contributed by atoms with Crippen molar-refractivity contribution in [1.82, 2.24) is 0 Å². The van der Waals surface area contributed by atoms with Crippen molar-refractivity contribution in [1.29, 1.82) is 0 Å². The number of aliphatic hydroxyl groups is 1. The van der Waals surface area contributed by atoms with Gasteiger partial charge in [0.25, 0.3) is 0 Å². The van der Waals surface area contributed by atoms with Gasteiger partial charge in [0.2, 0.25) is 0 Å². The number of hydrogen-bond acceptors (Lipinski definition) is 3. The van der Waals surface area contributed by atoms with Crippen molar-refractivity contribution in [2.24, 2.45) is 0 Å². The van der Waals surface area contributed by atoms with Gasteiger partial charge >= 0.3 is 0 Å². The second-order valence-corrected chi connectivity index (χ2v) is 5.28. The molecule has 0 spiro atoms. The number of benzene rings is 1. The van der Waals surface area contributed by atoms with Gasteiger partial charge in [-0.1, -0.05) is 17.7 Å². The summed E-state index contributed by atoms with van der Waals surface area (Å²) in [5.41, 5.74) is 1.65. The second kappa shape index (κ2) is 5.08. The molecule has 17 heavy (non-hydrogen) atoms. The van der Waals surface area contributed by atoms with Crippen molar-refractivity contribution >= 4 is 22.9 Å². The Morgan fingerprint density at radius 1 is 1.29 bits per heavy atom. The van der Waals surface area contributed by atoms with Gasteiger partial charge < -0.3 is 9.84 Å². The first kappa shape index (κ1) is 12.4. The van der Waals surface area contributed by atoms with Crippen molar-refractivity contribution in [2.45, 2.75) is 13.0 Å². The van der Waals surface area contributed by atoms with Crippen LogP contribution in [0, 0.1) is 6.92 Å². The molecule has 0 aliphatic rings. The summed E-state index contributed by atoms with van der Waals surface area (Å²) in [6, 6.07) is 7.19. The summed E-state index contributed by atoms with van der Waals surface area (Å²) in [5, 5.41) is 12.9. The quantitative estimate of drug-likeness (QED) is 0.917.